The number of hydrogen-bond acceptors (Lipinski definition) is 3. The summed E-state index contributed by atoms with van der Waals surface area (Å²) in [5, 5.41) is 3.00. The fraction of sp³-hybridized carbons (Fsp3) is 0.360. The van der Waals surface area contributed by atoms with E-state index in [4.69, 9.17) is 4.74 Å². The van der Waals surface area contributed by atoms with Crippen LogP contribution in [0.4, 0.5) is 5.69 Å². The van der Waals surface area contributed by atoms with Crippen LogP contribution in [0.5, 0.6) is 0 Å². The Morgan fingerprint density at radius 1 is 1.24 bits per heavy atom. The maximum absolute atomic E-state index is 12.7. The molecule has 2 fully saturated rings. The van der Waals surface area contributed by atoms with E-state index in [1.165, 1.54) is 0 Å². The lowest BCUT2D eigenvalue weighted by Gasteiger charge is -2.24. The Hall–Kier alpha value is -2.88. The molecule has 2 aliphatic rings. The van der Waals surface area contributed by atoms with Crippen molar-refractivity contribution in [2.45, 2.75) is 39.0 Å². The summed E-state index contributed by atoms with van der Waals surface area (Å²) in [6.45, 7) is 8.54. The largest absolute Gasteiger partial charge is 0.465 e. The van der Waals surface area contributed by atoms with Gasteiger partial charge in [0.15, 0.2) is 0 Å². The molecule has 2 aromatic rings. The Morgan fingerprint density at radius 3 is 2.69 bits per heavy atom. The summed E-state index contributed by atoms with van der Waals surface area (Å²) in [6.07, 6.45) is 2.24. The predicted octanol–water partition coefficient (Wildman–Crippen LogP) is 4.79. The highest BCUT2D eigenvalue weighted by atomic mass is 16.5. The number of amides is 1. The number of cyclic esters (lactones) is 1. The quantitative estimate of drug-likeness (QED) is 0.591. The summed E-state index contributed by atoms with van der Waals surface area (Å²) in [5.74, 6) is -0.118. The van der Waals surface area contributed by atoms with Gasteiger partial charge in [0.2, 0.25) is 5.91 Å². The number of anilines is 1. The molecule has 1 N–H and O–H groups in total. The Bertz CT molecular complexity index is 962. The zero-order valence-electron chi connectivity index (χ0n) is 17.0. The van der Waals surface area contributed by atoms with Gasteiger partial charge >= 0.3 is 5.97 Å². The minimum absolute atomic E-state index is 0.0304. The second-order valence-electron chi connectivity index (χ2n) is 8.52. The van der Waals surface area contributed by atoms with Crippen LogP contribution in [0.3, 0.4) is 0 Å². The number of nitrogens with one attached hydrogen (secondary N) is 1. The molecule has 3 atom stereocenters. The number of ether oxygens (including phenoxy) is 1. The SMILES string of the molecule is C=C1CC2COC(=O)C2(Cc2ccc(NC(=O)[C@H](C)c3ccccc3C)cc2)C1. The van der Waals surface area contributed by atoms with Gasteiger partial charge in [0.05, 0.1) is 17.9 Å². The summed E-state index contributed by atoms with van der Waals surface area (Å²) in [7, 11) is 0. The number of aryl methyl sites for hydroxylation is 1. The van der Waals surface area contributed by atoms with Crippen molar-refractivity contribution >= 4 is 17.6 Å². The van der Waals surface area contributed by atoms with E-state index in [1.54, 1.807) is 0 Å². The van der Waals surface area contributed by atoms with E-state index >= 15 is 0 Å². The zero-order chi connectivity index (χ0) is 20.6. The van der Waals surface area contributed by atoms with Gasteiger partial charge in [-0.3, -0.25) is 9.59 Å². The molecule has 1 saturated carbocycles. The normalized spacial score (nSPS) is 24.1. The van der Waals surface area contributed by atoms with E-state index in [-0.39, 0.29) is 23.7 Å². The fourth-order valence-corrected chi connectivity index (χ4v) is 4.80. The van der Waals surface area contributed by atoms with E-state index < -0.39 is 5.41 Å². The maximum atomic E-state index is 12.7. The van der Waals surface area contributed by atoms with Crippen molar-refractivity contribution in [2.75, 3.05) is 11.9 Å². The van der Waals surface area contributed by atoms with Crippen molar-refractivity contribution in [3.63, 3.8) is 0 Å². The molecule has 4 nitrogen and oxygen atoms in total. The second-order valence-corrected chi connectivity index (χ2v) is 8.52. The fourth-order valence-electron chi connectivity index (χ4n) is 4.80. The Kier molecular flexibility index (Phi) is 5.03. The molecule has 0 aromatic heterocycles. The monoisotopic (exact) mass is 389 g/mol. The summed E-state index contributed by atoms with van der Waals surface area (Å²) < 4.78 is 5.36. The minimum Gasteiger partial charge on any atom is -0.465 e. The molecule has 4 rings (SSSR count). The molecular weight excluding hydrogens is 362 g/mol. The topological polar surface area (TPSA) is 55.4 Å². The van der Waals surface area contributed by atoms with Gasteiger partial charge in [0, 0.05) is 11.6 Å². The zero-order valence-corrected chi connectivity index (χ0v) is 17.0. The first kappa shape index (κ1) is 19.4. The van der Waals surface area contributed by atoms with E-state index in [0.717, 1.165) is 34.4 Å². The van der Waals surface area contributed by atoms with Crippen molar-refractivity contribution in [2.24, 2.45) is 11.3 Å². The summed E-state index contributed by atoms with van der Waals surface area (Å²) in [5.41, 5.74) is 4.67. The van der Waals surface area contributed by atoms with Crippen molar-refractivity contribution in [3.05, 3.63) is 77.4 Å². The average molecular weight is 389 g/mol. The van der Waals surface area contributed by atoms with Crippen molar-refractivity contribution < 1.29 is 14.3 Å². The van der Waals surface area contributed by atoms with Crippen LogP contribution in [-0.2, 0) is 20.7 Å². The van der Waals surface area contributed by atoms with E-state index in [1.807, 2.05) is 62.4 Å². The van der Waals surface area contributed by atoms with Gasteiger partial charge in [-0.1, -0.05) is 48.6 Å². The molecule has 1 amide bonds. The number of carbonyl (C=O) groups is 2. The first-order chi connectivity index (χ1) is 13.9. The summed E-state index contributed by atoms with van der Waals surface area (Å²) in [4.78, 5) is 25.1. The Labute approximate surface area is 172 Å². The Morgan fingerprint density at radius 2 is 1.97 bits per heavy atom. The van der Waals surface area contributed by atoms with Crippen LogP contribution in [0.15, 0.2) is 60.7 Å². The van der Waals surface area contributed by atoms with Crippen LogP contribution >= 0.6 is 0 Å². The lowest BCUT2D eigenvalue weighted by molar-refractivity contribution is -0.146. The number of allylic oxidation sites excluding steroid dienone is 1. The molecule has 2 unspecified atom stereocenters. The molecule has 1 saturated heterocycles. The van der Waals surface area contributed by atoms with Gasteiger partial charge < -0.3 is 10.1 Å². The van der Waals surface area contributed by atoms with Crippen LogP contribution in [0.2, 0.25) is 0 Å². The van der Waals surface area contributed by atoms with E-state index in [9.17, 15) is 9.59 Å². The highest BCUT2D eigenvalue weighted by Gasteiger charge is 2.55. The van der Waals surface area contributed by atoms with Crippen molar-refractivity contribution in [1.29, 1.82) is 0 Å². The standard InChI is InChI=1S/C25H27NO3/c1-16-12-20-15-29-24(28)25(20,13-16)14-19-8-10-21(11-9-19)26-23(27)18(3)22-7-5-4-6-17(22)2/h4-11,18,20H,1,12-15H2,2-3H3,(H,26,27)/t18-,20?,25?/m1/s1. The molecule has 2 aromatic carbocycles. The molecule has 0 bridgehead atoms. The van der Waals surface area contributed by atoms with Gasteiger partial charge in [0.25, 0.3) is 0 Å². The first-order valence-electron chi connectivity index (χ1n) is 10.2. The molecule has 150 valence electrons. The van der Waals surface area contributed by atoms with Gasteiger partial charge in [-0.15, -0.1) is 0 Å². The lowest BCUT2D eigenvalue weighted by Crippen LogP contribution is -2.31. The third-order valence-corrected chi connectivity index (χ3v) is 6.49. The maximum Gasteiger partial charge on any atom is 0.313 e. The third-order valence-electron chi connectivity index (χ3n) is 6.49. The molecule has 1 heterocycles. The molecule has 4 heteroatoms. The number of hydrogen-bond donors (Lipinski definition) is 1. The number of fused-ring (bicyclic) bond motifs is 1. The van der Waals surface area contributed by atoms with E-state index in [0.29, 0.717) is 19.4 Å². The van der Waals surface area contributed by atoms with E-state index in [2.05, 4.69) is 11.9 Å². The highest BCUT2D eigenvalue weighted by Crippen LogP contribution is 2.52. The smallest absolute Gasteiger partial charge is 0.313 e. The number of benzene rings is 2. The van der Waals surface area contributed by atoms with Crippen molar-refractivity contribution in [1.82, 2.24) is 0 Å². The number of rotatable bonds is 5. The molecule has 29 heavy (non-hydrogen) atoms. The molecule has 0 radical (unpaired) electrons. The van der Waals surface area contributed by atoms with Crippen LogP contribution in [0.25, 0.3) is 0 Å². The van der Waals surface area contributed by atoms with Gasteiger partial charge in [-0.2, -0.15) is 0 Å². The van der Waals surface area contributed by atoms with Crippen LogP contribution in [0.1, 0.15) is 42.4 Å². The lowest BCUT2D eigenvalue weighted by atomic mass is 9.75. The summed E-state index contributed by atoms with van der Waals surface area (Å²) in [6, 6.07) is 15.8. The first-order valence-corrected chi connectivity index (χ1v) is 10.2. The predicted molar refractivity (Wildman–Crippen MR) is 114 cm³/mol. The third kappa shape index (κ3) is 3.59. The van der Waals surface area contributed by atoms with Gasteiger partial charge in [-0.05, 0) is 61.9 Å². The Balaban J connectivity index is 1.44. The molecular formula is C25H27NO3. The summed E-state index contributed by atoms with van der Waals surface area (Å²) >= 11 is 0. The second kappa shape index (κ2) is 7.51. The van der Waals surface area contributed by atoms with Gasteiger partial charge in [0.1, 0.15) is 0 Å². The number of esters is 1. The number of carbonyl (C=O) groups excluding carboxylic acids is 2. The van der Waals surface area contributed by atoms with Crippen LogP contribution in [-0.4, -0.2) is 18.5 Å². The highest BCUT2D eigenvalue weighted by molar-refractivity contribution is 5.95. The minimum atomic E-state index is -0.457. The molecule has 0 spiro atoms. The van der Waals surface area contributed by atoms with Crippen LogP contribution < -0.4 is 5.32 Å². The van der Waals surface area contributed by atoms with Gasteiger partial charge in [-0.25, -0.2) is 0 Å². The van der Waals surface area contributed by atoms with Crippen LogP contribution in [0, 0.1) is 18.3 Å². The van der Waals surface area contributed by atoms with Crippen molar-refractivity contribution in [3.8, 4) is 0 Å². The molecule has 1 aliphatic heterocycles. The molecule has 1 aliphatic carbocycles. The average Bonchev–Trinajstić information content (AvgIpc) is 3.17.